The Hall–Kier alpha value is -4.84. The van der Waals surface area contributed by atoms with E-state index in [0.717, 1.165) is 33.4 Å². The van der Waals surface area contributed by atoms with Crippen molar-refractivity contribution in [3.8, 4) is 45.3 Å². The van der Waals surface area contributed by atoms with Gasteiger partial charge >= 0.3 is 11.9 Å². The highest BCUT2D eigenvalue weighted by Crippen LogP contribution is 2.36. The van der Waals surface area contributed by atoms with Gasteiger partial charge in [-0.2, -0.15) is 0 Å². The van der Waals surface area contributed by atoms with Crippen LogP contribution in [0.1, 0.15) is 27.7 Å². The summed E-state index contributed by atoms with van der Waals surface area (Å²) >= 11 is 0. The van der Waals surface area contributed by atoms with Crippen molar-refractivity contribution >= 4 is 11.9 Å². The summed E-state index contributed by atoms with van der Waals surface area (Å²) < 4.78 is 22.7. The highest BCUT2D eigenvalue weighted by molar-refractivity contribution is 5.90. The summed E-state index contributed by atoms with van der Waals surface area (Å²) in [5, 5.41) is 0. The zero-order valence-corrected chi connectivity index (χ0v) is 23.5. The summed E-state index contributed by atoms with van der Waals surface area (Å²) in [5.41, 5.74) is 5.89. The number of ether oxygens (including phenoxy) is 4. The lowest BCUT2D eigenvalue weighted by molar-refractivity contribution is -0.131. The fourth-order valence-corrected chi connectivity index (χ4v) is 3.40. The molecule has 3 aromatic carbocycles. The fraction of sp³-hybridized carbons (Fsp3) is 0.176. The first-order valence-electron chi connectivity index (χ1n) is 12.6. The second-order valence-electron chi connectivity index (χ2n) is 9.73. The van der Waals surface area contributed by atoms with Crippen LogP contribution in [0.25, 0.3) is 22.3 Å². The minimum absolute atomic E-state index is 0.285. The molecule has 0 saturated heterocycles. The summed E-state index contributed by atoms with van der Waals surface area (Å²) in [6.45, 7) is 22.5. The predicted octanol–water partition coefficient (Wildman–Crippen LogP) is 7.89. The van der Waals surface area contributed by atoms with E-state index in [1.54, 1.807) is 26.0 Å². The lowest BCUT2D eigenvalue weighted by Gasteiger charge is -2.15. The van der Waals surface area contributed by atoms with Gasteiger partial charge in [-0.25, -0.2) is 9.59 Å². The van der Waals surface area contributed by atoms with Gasteiger partial charge in [0.05, 0.1) is 0 Å². The minimum Gasteiger partial charge on any atom is -0.485 e. The molecular formula is C34H34O6. The number of hydrogen-bond donors (Lipinski definition) is 0. The lowest BCUT2D eigenvalue weighted by Crippen LogP contribution is -2.10. The molecule has 0 heterocycles. The van der Waals surface area contributed by atoms with Crippen molar-refractivity contribution in [3.05, 3.63) is 109 Å². The number of benzene rings is 3. The van der Waals surface area contributed by atoms with E-state index in [9.17, 15) is 9.59 Å². The van der Waals surface area contributed by atoms with Crippen molar-refractivity contribution in [2.24, 2.45) is 0 Å². The largest absolute Gasteiger partial charge is 0.485 e. The number of esters is 2. The molecule has 206 valence electrons. The van der Waals surface area contributed by atoms with Gasteiger partial charge in [-0.15, -0.1) is 0 Å². The van der Waals surface area contributed by atoms with Gasteiger partial charge in [0.15, 0.2) is 23.0 Å². The molecule has 0 aliphatic carbocycles. The second kappa shape index (κ2) is 13.3. The number of hydrogen-bond acceptors (Lipinski definition) is 6. The van der Waals surface area contributed by atoms with Crippen LogP contribution in [0.2, 0.25) is 0 Å². The molecule has 0 unspecified atom stereocenters. The quantitative estimate of drug-likeness (QED) is 0.101. The predicted molar refractivity (Wildman–Crippen MR) is 159 cm³/mol. The Morgan fingerprint density at radius 3 is 1.15 bits per heavy atom. The number of carbonyl (C=O) groups is 2. The molecule has 3 aromatic rings. The first-order valence-corrected chi connectivity index (χ1v) is 12.6. The van der Waals surface area contributed by atoms with Crippen molar-refractivity contribution in [1.29, 1.82) is 0 Å². The average Bonchev–Trinajstić information content (AvgIpc) is 2.91. The van der Waals surface area contributed by atoms with Gasteiger partial charge in [0, 0.05) is 11.1 Å². The zero-order chi connectivity index (χ0) is 29.4. The molecule has 3 rings (SSSR count). The summed E-state index contributed by atoms with van der Waals surface area (Å²) in [7, 11) is 0. The van der Waals surface area contributed by atoms with Gasteiger partial charge < -0.3 is 18.9 Å². The molecule has 0 atom stereocenters. The van der Waals surface area contributed by atoms with E-state index in [1.807, 2.05) is 62.4 Å². The third kappa shape index (κ3) is 8.08. The third-order valence-corrected chi connectivity index (χ3v) is 5.49. The minimum atomic E-state index is -0.524. The number of carbonyl (C=O) groups excluding carboxylic acids is 2. The highest BCUT2D eigenvalue weighted by atomic mass is 16.6. The fourth-order valence-electron chi connectivity index (χ4n) is 3.40. The van der Waals surface area contributed by atoms with Crippen LogP contribution in [0.4, 0.5) is 0 Å². The van der Waals surface area contributed by atoms with Crippen LogP contribution in [0.15, 0.2) is 109 Å². The van der Waals surface area contributed by atoms with Crippen LogP contribution in [-0.2, 0) is 9.59 Å². The molecule has 0 aliphatic rings. The van der Waals surface area contributed by atoms with Gasteiger partial charge in [-0.3, -0.25) is 0 Å². The van der Waals surface area contributed by atoms with E-state index >= 15 is 0 Å². The van der Waals surface area contributed by atoms with Crippen LogP contribution in [0.5, 0.6) is 23.0 Å². The molecule has 40 heavy (non-hydrogen) atoms. The van der Waals surface area contributed by atoms with Crippen molar-refractivity contribution in [1.82, 2.24) is 0 Å². The number of rotatable bonds is 12. The Morgan fingerprint density at radius 1 is 0.525 bits per heavy atom. The Kier molecular flexibility index (Phi) is 9.87. The molecule has 0 aromatic heterocycles. The van der Waals surface area contributed by atoms with Crippen molar-refractivity contribution in [2.75, 3.05) is 13.2 Å². The molecule has 0 N–H and O–H groups in total. The molecule has 0 bridgehead atoms. The topological polar surface area (TPSA) is 71.1 Å². The summed E-state index contributed by atoms with van der Waals surface area (Å²) in [6.07, 6.45) is 0. The van der Waals surface area contributed by atoms with E-state index in [1.165, 1.54) is 0 Å². The third-order valence-electron chi connectivity index (χ3n) is 5.49. The average molecular weight is 539 g/mol. The SMILES string of the molecule is C=C(C)COc1cc(-c2ccc(-c3ccc(OC(=O)C(=C)C)c(OCC(=C)C)c3)cc2)ccc1OC(=O)C(=C)C. The Bertz CT molecular complexity index is 1360. The summed E-state index contributed by atoms with van der Waals surface area (Å²) in [4.78, 5) is 24.2. The van der Waals surface area contributed by atoms with Gasteiger partial charge in [-0.1, -0.05) is 62.7 Å². The van der Waals surface area contributed by atoms with Gasteiger partial charge in [0.1, 0.15) is 13.2 Å². The Morgan fingerprint density at radius 2 is 0.850 bits per heavy atom. The van der Waals surface area contributed by atoms with Crippen molar-refractivity contribution < 1.29 is 28.5 Å². The van der Waals surface area contributed by atoms with E-state index in [0.29, 0.717) is 34.1 Å². The first-order chi connectivity index (χ1) is 18.9. The molecule has 0 radical (unpaired) electrons. The molecule has 0 aliphatic heterocycles. The maximum Gasteiger partial charge on any atom is 0.338 e. The highest BCUT2D eigenvalue weighted by Gasteiger charge is 2.15. The maximum absolute atomic E-state index is 12.1. The summed E-state index contributed by atoms with van der Waals surface area (Å²) in [5.74, 6) is 0.430. The van der Waals surface area contributed by atoms with Crippen LogP contribution >= 0.6 is 0 Å². The van der Waals surface area contributed by atoms with E-state index in [-0.39, 0.29) is 13.2 Å². The van der Waals surface area contributed by atoms with Crippen LogP contribution in [0.3, 0.4) is 0 Å². The molecule has 0 amide bonds. The van der Waals surface area contributed by atoms with Gasteiger partial charge in [0.2, 0.25) is 0 Å². The van der Waals surface area contributed by atoms with Gasteiger partial charge in [0.25, 0.3) is 0 Å². The molecule has 0 fully saturated rings. The Labute approximate surface area is 235 Å². The molecule has 6 heteroatoms. The standard InChI is InChI=1S/C34H34O6/c1-21(2)19-37-31-17-27(13-15-29(31)39-33(35)23(5)6)25-9-11-26(12-10-25)28-14-16-30(40-34(36)24(7)8)32(18-28)38-20-22(3)4/h9-18H,1,3,5,7,19-20H2,2,4,6,8H3. The smallest absolute Gasteiger partial charge is 0.338 e. The lowest BCUT2D eigenvalue weighted by atomic mass is 9.99. The van der Waals surface area contributed by atoms with Crippen molar-refractivity contribution in [3.63, 3.8) is 0 Å². The molecule has 0 spiro atoms. The van der Waals surface area contributed by atoms with E-state index in [4.69, 9.17) is 18.9 Å². The zero-order valence-electron chi connectivity index (χ0n) is 23.5. The summed E-state index contributed by atoms with van der Waals surface area (Å²) in [6, 6.07) is 18.7. The van der Waals surface area contributed by atoms with E-state index in [2.05, 4.69) is 26.3 Å². The van der Waals surface area contributed by atoms with Crippen LogP contribution < -0.4 is 18.9 Å². The van der Waals surface area contributed by atoms with Crippen molar-refractivity contribution in [2.45, 2.75) is 27.7 Å². The van der Waals surface area contributed by atoms with Crippen LogP contribution in [0, 0.1) is 0 Å². The molecule has 6 nitrogen and oxygen atoms in total. The molecular weight excluding hydrogens is 504 g/mol. The maximum atomic E-state index is 12.1. The Balaban J connectivity index is 1.91. The first kappa shape index (κ1) is 29.7. The van der Waals surface area contributed by atoms with E-state index < -0.39 is 11.9 Å². The normalized spacial score (nSPS) is 10.3. The van der Waals surface area contributed by atoms with Crippen LogP contribution in [-0.4, -0.2) is 25.2 Å². The monoisotopic (exact) mass is 538 g/mol. The molecule has 0 saturated carbocycles. The second-order valence-corrected chi connectivity index (χ2v) is 9.73. The van der Waals surface area contributed by atoms with Gasteiger partial charge in [-0.05, 0) is 85.4 Å².